The molecule has 0 saturated heterocycles. The Balaban J connectivity index is 3.63. The van der Waals surface area contributed by atoms with Crippen molar-refractivity contribution in [3.8, 4) is 0 Å². The molecule has 0 aliphatic rings. The lowest BCUT2D eigenvalue weighted by Crippen LogP contribution is -2.09. The summed E-state index contributed by atoms with van der Waals surface area (Å²) >= 11 is 4.62. The third-order valence-corrected chi connectivity index (χ3v) is 1.99. The van der Waals surface area contributed by atoms with Gasteiger partial charge in [-0.2, -0.15) is 0 Å². The van der Waals surface area contributed by atoms with Gasteiger partial charge in [0.1, 0.15) is 0 Å². The molecule has 0 aliphatic carbocycles. The van der Waals surface area contributed by atoms with Crippen LogP contribution < -0.4 is 0 Å². The van der Waals surface area contributed by atoms with Gasteiger partial charge in [-0.15, -0.1) is 0 Å². The van der Waals surface area contributed by atoms with E-state index in [0.717, 1.165) is 0 Å². The second-order valence-corrected chi connectivity index (χ2v) is 3.07. The van der Waals surface area contributed by atoms with Crippen LogP contribution in [0.4, 0.5) is 30.7 Å². The summed E-state index contributed by atoms with van der Waals surface area (Å²) in [6.45, 7) is 0. The fourth-order valence-corrected chi connectivity index (χ4v) is 1.24. The predicted octanol–water partition coefficient (Wildman–Crippen LogP) is 4.39. The highest BCUT2D eigenvalue weighted by Crippen LogP contribution is 2.35. The standard InChI is InChI=1S/C8H2ClF7/c9-7(14)1-3(10)5(12)2(8(15)16)6(13)4(1)11/h7-8H. The van der Waals surface area contributed by atoms with Crippen molar-refractivity contribution in [1.29, 1.82) is 0 Å². The topological polar surface area (TPSA) is 0 Å². The largest absolute Gasteiger partial charge is 0.269 e. The average Bonchev–Trinajstić information content (AvgIpc) is 2.14. The molecule has 0 heterocycles. The number of benzene rings is 1. The second kappa shape index (κ2) is 4.48. The first kappa shape index (κ1) is 13.1. The number of alkyl halides is 4. The molecule has 0 saturated carbocycles. The van der Waals surface area contributed by atoms with Crippen LogP contribution in [0.2, 0.25) is 0 Å². The maximum Gasteiger partial charge on any atom is 0.269 e. The second-order valence-electron chi connectivity index (χ2n) is 2.68. The molecule has 1 rings (SSSR count). The van der Waals surface area contributed by atoms with Gasteiger partial charge in [0, 0.05) is 0 Å². The van der Waals surface area contributed by atoms with Gasteiger partial charge in [0.15, 0.2) is 23.3 Å². The molecule has 0 spiro atoms. The fraction of sp³-hybridized carbons (Fsp3) is 0.250. The smallest absolute Gasteiger partial charge is 0.224 e. The Bertz CT molecular complexity index is 347. The van der Waals surface area contributed by atoms with Gasteiger partial charge in [-0.1, -0.05) is 11.6 Å². The van der Waals surface area contributed by atoms with Crippen molar-refractivity contribution in [2.75, 3.05) is 0 Å². The molecule has 0 bridgehead atoms. The Morgan fingerprint density at radius 3 is 1.25 bits per heavy atom. The molecular weight excluding hydrogens is 265 g/mol. The van der Waals surface area contributed by atoms with Crippen molar-refractivity contribution in [2.45, 2.75) is 12.1 Å². The molecular formula is C8H2ClF7. The lowest BCUT2D eigenvalue weighted by molar-refractivity contribution is 0.137. The van der Waals surface area contributed by atoms with Crippen LogP contribution in [0.15, 0.2) is 0 Å². The van der Waals surface area contributed by atoms with E-state index in [1.807, 2.05) is 0 Å². The number of hydrogen-bond donors (Lipinski definition) is 0. The van der Waals surface area contributed by atoms with Crippen molar-refractivity contribution >= 4 is 11.6 Å². The third-order valence-electron chi connectivity index (χ3n) is 1.77. The molecule has 0 N–H and O–H groups in total. The third kappa shape index (κ3) is 1.95. The van der Waals surface area contributed by atoms with E-state index in [1.54, 1.807) is 0 Å². The quantitative estimate of drug-likeness (QED) is 0.423. The van der Waals surface area contributed by atoms with E-state index in [1.165, 1.54) is 0 Å². The minimum atomic E-state index is -3.77. The molecule has 1 unspecified atom stereocenters. The lowest BCUT2D eigenvalue weighted by Gasteiger charge is -2.11. The first-order chi connectivity index (χ1) is 7.29. The van der Waals surface area contributed by atoms with Crippen molar-refractivity contribution in [3.63, 3.8) is 0 Å². The summed E-state index contributed by atoms with van der Waals surface area (Å²) in [6, 6.07) is 0. The fourth-order valence-electron chi connectivity index (χ4n) is 1.05. The first-order valence-electron chi connectivity index (χ1n) is 3.71. The Kier molecular flexibility index (Phi) is 3.67. The molecule has 8 heteroatoms. The minimum absolute atomic E-state index is 1.76. The predicted molar refractivity (Wildman–Crippen MR) is 40.9 cm³/mol. The van der Waals surface area contributed by atoms with E-state index in [0.29, 0.717) is 0 Å². The van der Waals surface area contributed by atoms with Gasteiger partial charge in [-0.05, 0) is 0 Å². The van der Waals surface area contributed by atoms with Gasteiger partial charge < -0.3 is 0 Å². The zero-order valence-corrected chi connectivity index (χ0v) is 7.93. The van der Waals surface area contributed by atoms with Gasteiger partial charge in [0.2, 0.25) is 5.63 Å². The van der Waals surface area contributed by atoms with Crippen molar-refractivity contribution in [3.05, 3.63) is 34.4 Å². The SMILES string of the molecule is Fc1c(F)c(C(F)Cl)c(F)c(F)c1C(F)F. The molecule has 1 aromatic carbocycles. The van der Waals surface area contributed by atoms with Gasteiger partial charge in [-0.3, -0.25) is 0 Å². The van der Waals surface area contributed by atoms with Crippen LogP contribution >= 0.6 is 11.6 Å². The van der Waals surface area contributed by atoms with Crippen LogP contribution in [-0.2, 0) is 0 Å². The van der Waals surface area contributed by atoms with Gasteiger partial charge in [0.05, 0.1) is 11.1 Å². The number of halogens is 8. The first-order valence-corrected chi connectivity index (χ1v) is 4.14. The van der Waals surface area contributed by atoms with Gasteiger partial charge in [0.25, 0.3) is 6.43 Å². The van der Waals surface area contributed by atoms with E-state index < -0.39 is 46.5 Å². The van der Waals surface area contributed by atoms with E-state index in [4.69, 9.17) is 0 Å². The molecule has 0 fully saturated rings. The monoisotopic (exact) mass is 266 g/mol. The summed E-state index contributed by atoms with van der Waals surface area (Å²) in [6.07, 6.45) is -3.77. The average molecular weight is 267 g/mol. The molecule has 0 nitrogen and oxygen atoms in total. The molecule has 0 aliphatic heterocycles. The molecule has 90 valence electrons. The maximum atomic E-state index is 12.9. The van der Waals surface area contributed by atoms with Gasteiger partial charge in [-0.25, -0.2) is 30.7 Å². The Morgan fingerprint density at radius 2 is 1.00 bits per heavy atom. The molecule has 0 amide bonds. The summed E-state index contributed by atoms with van der Waals surface area (Å²) in [5, 5.41) is 0. The number of rotatable bonds is 2. The van der Waals surface area contributed by atoms with Crippen LogP contribution in [0.5, 0.6) is 0 Å². The molecule has 1 aromatic rings. The number of hydrogen-bond acceptors (Lipinski definition) is 0. The highest BCUT2D eigenvalue weighted by Gasteiger charge is 2.32. The Labute approximate surface area is 89.6 Å². The summed E-state index contributed by atoms with van der Waals surface area (Å²) in [5.74, 6) is -9.24. The zero-order chi connectivity index (χ0) is 12.6. The van der Waals surface area contributed by atoms with Crippen LogP contribution in [-0.4, -0.2) is 0 Å². The molecule has 1 atom stereocenters. The molecule has 0 aromatic heterocycles. The molecule has 0 radical (unpaired) electrons. The van der Waals surface area contributed by atoms with E-state index in [9.17, 15) is 30.7 Å². The normalized spacial score (nSPS) is 13.3. The molecule has 16 heavy (non-hydrogen) atoms. The van der Waals surface area contributed by atoms with Crippen molar-refractivity contribution in [2.24, 2.45) is 0 Å². The van der Waals surface area contributed by atoms with E-state index in [-0.39, 0.29) is 0 Å². The lowest BCUT2D eigenvalue weighted by atomic mass is 10.1. The maximum absolute atomic E-state index is 12.9. The zero-order valence-electron chi connectivity index (χ0n) is 7.18. The van der Waals surface area contributed by atoms with Crippen molar-refractivity contribution in [1.82, 2.24) is 0 Å². The van der Waals surface area contributed by atoms with Crippen LogP contribution in [0, 0.1) is 23.3 Å². The van der Waals surface area contributed by atoms with E-state index >= 15 is 0 Å². The highest BCUT2D eigenvalue weighted by atomic mass is 35.5. The highest BCUT2D eigenvalue weighted by molar-refractivity contribution is 6.19. The summed E-state index contributed by atoms with van der Waals surface area (Å²) in [7, 11) is 0. The van der Waals surface area contributed by atoms with Crippen LogP contribution in [0.1, 0.15) is 23.2 Å². The van der Waals surface area contributed by atoms with E-state index in [2.05, 4.69) is 11.6 Å². The Hall–Kier alpha value is -0.980. The van der Waals surface area contributed by atoms with Crippen LogP contribution in [0.25, 0.3) is 0 Å². The minimum Gasteiger partial charge on any atom is -0.224 e. The van der Waals surface area contributed by atoms with Crippen LogP contribution in [0.3, 0.4) is 0 Å². The summed E-state index contributed by atoms with van der Waals surface area (Å²) in [5.41, 5.74) is -6.73. The summed E-state index contributed by atoms with van der Waals surface area (Å²) in [4.78, 5) is 0. The Morgan fingerprint density at radius 1 is 0.688 bits per heavy atom. The van der Waals surface area contributed by atoms with Gasteiger partial charge >= 0.3 is 0 Å². The summed E-state index contributed by atoms with van der Waals surface area (Å²) < 4.78 is 87.9. The van der Waals surface area contributed by atoms with Crippen molar-refractivity contribution < 1.29 is 30.7 Å².